The van der Waals surface area contributed by atoms with Crippen LogP contribution in [0.25, 0.3) is 0 Å². The number of methoxy groups -OCH3 is 1. The van der Waals surface area contributed by atoms with Crippen molar-refractivity contribution in [3.63, 3.8) is 0 Å². The molecule has 0 aliphatic heterocycles. The van der Waals surface area contributed by atoms with Crippen molar-refractivity contribution in [3.8, 4) is 5.75 Å². The van der Waals surface area contributed by atoms with Gasteiger partial charge in [0.15, 0.2) is 5.78 Å². The van der Waals surface area contributed by atoms with Gasteiger partial charge in [0.1, 0.15) is 11.4 Å². The maximum absolute atomic E-state index is 13.3. The van der Waals surface area contributed by atoms with Gasteiger partial charge >= 0.3 is 0 Å². The van der Waals surface area contributed by atoms with Gasteiger partial charge in [0.05, 0.1) is 17.8 Å². The van der Waals surface area contributed by atoms with Crippen LogP contribution >= 0.6 is 11.6 Å². The number of ether oxygens (including phenoxy) is 1. The Morgan fingerprint density at radius 3 is 2.43 bits per heavy atom. The predicted molar refractivity (Wildman–Crippen MR) is 111 cm³/mol. The van der Waals surface area contributed by atoms with Gasteiger partial charge in [0.2, 0.25) is 0 Å². The summed E-state index contributed by atoms with van der Waals surface area (Å²) in [5, 5.41) is 0.648. The topological polar surface area (TPSA) is 65.2 Å². The van der Waals surface area contributed by atoms with Gasteiger partial charge in [-0.15, -0.1) is 0 Å². The highest BCUT2D eigenvalue weighted by Gasteiger charge is 2.33. The Balaban J connectivity index is 1.47. The van der Waals surface area contributed by atoms with Gasteiger partial charge in [0.25, 0.3) is 0 Å². The monoisotopic (exact) mass is 398 g/mol. The number of halogens is 1. The van der Waals surface area contributed by atoms with Crippen LogP contribution in [0, 0.1) is 5.92 Å². The maximum Gasteiger partial charge on any atom is 0.184 e. The number of hydrogen-bond acceptors (Lipinski definition) is 4. The van der Waals surface area contributed by atoms with Crippen LogP contribution in [0.3, 0.4) is 0 Å². The molecule has 1 aromatic carbocycles. The summed E-state index contributed by atoms with van der Waals surface area (Å²) >= 11 is 6.29. The minimum atomic E-state index is 0.0583. The lowest BCUT2D eigenvalue weighted by molar-refractivity contribution is 0.0877. The fourth-order valence-corrected chi connectivity index (χ4v) is 4.63. The van der Waals surface area contributed by atoms with E-state index in [1.165, 1.54) is 5.56 Å². The summed E-state index contributed by atoms with van der Waals surface area (Å²) in [5.74, 6) is 1.92. The van der Waals surface area contributed by atoms with Gasteiger partial charge in [-0.25, -0.2) is 4.98 Å². The first-order chi connectivity index (χ1) is 13.6. The second-order valence-corrected chi connectivity index (χ2v) is 8.43. The average Bonchev–Trinajstić information content (AvgIpc) is 3.58. The van der Waals surface area contributed by atoms with E-state index in [0.717, 1.165) is 49.8 Å². The SMILES string of the molecule is COc1ccc(C2CCC(C(=O)c3nc(CN)ccc3C3CC3)CC2)cc1Cl. The quantitative estimate of drug-likeness (QED) is 0.676. The third-order valence-electron chi connectivity index (χ3n) is 6.19. The van der Waals surface area contributed by atoms with Crippen molar-refractivity contribution in [2.45, 2.75) is 56.9 Å². The minimum Gasteiger partial charge on any atom is -0.495 e. The summed E-state index contributed by atoms with van der Waals surface area (Å²) in [5.41, 5.74) is 9.61. The van der Waals surface area contributed by atoms with Crippen molar-refractivity contribution in [1.82, 2.24) is 4.98 Å². The van der Waals surface area contributed by atoms with Crippen LogP contribution in [0.4, 0.5) is 0 Å². The first-order valence-electron chi connectivity index (χ1n) is 10.2. The Kier molecular flexibility index (Phi) is 5.70. The number of pyridine rings is 1. The molecule has 2 saturated carbocycles. The highest BCUT2D eigenvalue weighted by Crippen LogP contribution is 2.43. The summed E-state index contributed by atoms with van der Waals surface area (Å²) < 4.78 is 5.25. The Labute approximate surface area is 171 Å². The largest absolute Gasteiger partial charge is 0.495 e. The van der Waals surface area contributed by atoms with E-state index in [1.54, 1.807) is 7.11 Å². The van der Waals surface area contributed by atoms with Gasteiger partial charge in [-0.3, -0.25) is 4.79 Å². The fourth-order valence-electron chi connectivity index (χ4n) is 4.36. The summed E-state index contributed by atoms with van der Waals surface area (Å²) in [4.78, 5) is 17.9. The number of hydrogen-bond donors (Lipinski definition) is 1. The molecule has 2 aliphatic rings. The molecule has 148 valence electrons. The van der Waals surface area contributed by atoms with E-state index < -0.39 is 0 Å². The summed E-state index contributed by atoms with van der Waals surface area (Å²) in [6.07, 6.45) is 6.10. The average molecular weight is 399 g/mol. The second-order valence-electron chi connectivity index (χ2n) is 8.03. The molecule has 1 heterocycles. The zero-order valence-corrected chi connectivity index (χ0v) is 17.0. The molecule has 0 radical (unpaired) electrons. The van der Waals surface area contributed by atoms with E-state index in [9.17, 15) is 4.79 Å². The van der Waals surface area contributed by atoms with Crippen molar-refractivity contribution in [2.75, 3.05) is 7.11 Å². The molecule has 0 unspecified atom stereocenters. The van der Waals surface area contributed by atoms with Crippen molar-refractivity contribution < 1.29 is 9.53 Å². The smallest absolute Gasteiger partial charge is 0.184 e. The maximum atomic E-state index is 13.3. The molecule has 28 heavy (non-hydrogen) atoms. The van der Waals surface area contributed by atoms with E-state index in [4.69, 9.17) is 22.1 Å². The fraction of sp³-hybridized carbons (Fsp3) is 0.478. The van der Waals surface area contributed by atoms with Crippen molar-refractivity contribution in [3.05, 3.63) is 57.9 Å². The number of Topliss-reactive ketones (excluding diaryl/α,β-unsaturated/α-hetero) is 1. The number of aromatic nitrogens is 1. The molecule has 0 saturated heterocycles. The van der Waals surface area contributed by atoms with E-state index >= 15 is 0 Å². The summed E-state index contributed by atoms with van der Waals surface area (Å²) in [7, 11) is 1.63. The minimum absolute atomic E-state index is 0.0583. The number of carbonyl (C=O) groups is 1. The molecule has 0 atom stereocenters. The van der Waals surface area contributed by atoms with Crippen LogP contribution in [-0.2, 0) is 6.54 Å². The van der Waals surface area contributed by atoms with Crippen LogP contribution in [-0.4, -0.2) is 17.9 Å². The molecule has 4 rings (SSSR count). The Hall–Kier alpha value is -1.91. The third-order valence-corrected chi connectivity index (χ3v) is 6.48. The number of nitrogens with zero attached hydrogens (tertiary/aromatic N) is 1. The lowest BCUT2D eigenvalue weighted by atomic mass is 9.76. The Morgan fingerprint density at radius 1 is 1.11 bits per heavy atom. The number of nitrogens with two attached hydrogens (primary N) is 1. The van der Waals surface area contributed by atoms with E-state index in [2.05, 4.69) is 17.1 Å². The first-order valence-corrected chi connectivity index (χ1v) is 10.6. The molecule has 4 nitrogen and oxygen atoms in total. The van der Waals surface area contributed by atoms with Gasteiger partial charge in [0, 0.05) is 12.5 Å². The van der Waals surface area contributed by atoms with Crippen molar-refractivity contribution in [2.24, 2.45) is 11.7 Å². The molecule has 2 aliphatic carbocycles. The normalized spacial score (nSPS) is 22.1. The van der Waals surface area contributed by atoms with E-state index in [1.807, 2.05) is 18.2 Å². The van der Waals surface area contributed by atoms with E-state index in [-0.39, 0.29) is 11.7 Å². The van der Waals surface area contributed by atoms with Crippen LogP contribution in [0.2, 0.25) is 5.02 Å². The van der Waals surface area contributed by atoms with Crippen molar-refractivity contribution >= 4 is 17.4 Å². The summed E-state index contributed by atoms with van der Waals surface area (Å²) in [6, 6.07) is 10.1. The molecule has 2 aromatic rings. The third kappa shape index (κ3) is 3.94. The standard InChI is InChI=1S/C23H27ClN2O2/c1-28-21-11-8-17(12-20(21)24)14-2-6-16(7-3-14)23(27)22-19(15-4-5-15)10-9-18(13-25)26-22/h8-12,14-16H,2-7,13,25H2,1H3. The Bertz CT molecular complexity index is 871. The van der Waals surface area contributed by atoms with Gasteiger partial charge in [-0.1, -0.05) is 23.7 Å². The molecular weight excluding hydrogens is 372 g/mol. The highest BCUT2D eigenvalue weighted by molar-refractivity contribution is 6.32. The van der Waals surface area contributed by atoms with Gasteiger partial charge < -0.3 is 10.5 Å². The molecule has 0 bridgehead atoms. The molecule has 1 aromatic heterocycles. The zero-order valence-electron chi connectivity index (χ0n) is 16.3. The molecule has 2 fully saturated rings. The number of carbonyl (C=O) groups excluding carboxylic acids is 1. The van der Waals surface area contributed by atoms with Crippen LogP contribution in [0.15, 0.2) is 30.3 Å². The number of benzene rings is 1. The lowest BCUT2D eigenvalue weighted by Crippen LogP contribution is -2.23. The molecule has 2 N–H and O–H groups in total. The zero-order chi connectivity index (χ0) is 19.7. The van der Waals surface area contributed by atoms with Crippen LogP contribution in [0.5, 0.6) is 5.75 Å². The molecule has 0 amide bonds. The number of ketones is 1. The molecule has 5 heteroatoms. The second kappa shape index (κ2) is 8.22. The van der Waals surface area contributed by atoms with Crippen LogP contribution in [0.1, 0.15) is 77.7 Å². The molecule has 0 spiro atoms. The Morgan fingerprint density at radius 2 is 1.82 bits per heavy atom. The number of rotatable bonds is 6. The van der Waals surface area contributed by atoms with E-state index in [0.29, 0.717) is 34.8 Å². The highest BCUT2D eigenvalue weighted by atomic mass is 35.5. The van der Waals surface area contributed by atoms with Crippen molar-refractivity contribution in [1.29, 1.82) is 0 Å². The predicted octanol–water partition coefficient (Wildman–Crippen LogP) is 5.24. The first kappa shape index (κ1) is 19.4. The van der Waals surface area contributed by atoms with Gasteiger partial charge in [-0.05, 0) is 79.7 Å². The molecular formula is C23H27ClN2O2. The van der Waals surface area contributed by atoms with Crippen LogP contribution < -0.4 is 10.5 Å². The lowest BCUT2D eigenvalue weighted by Gasteiger charge is -2.28. The van der Waals surface area contributed by atoms with Gasteiger partial charge in [-0.2, -0.15) is 0 Å². The summed E-state index contributed by atoms with van der Waals surface area (Å²) in [6.45, 7) is 0.371.